The number of hydrogen-bond acceptors (Lipinski definition) is 4. The molecule has 15 heavy (non-hydrogen) atoms. The lowest BCUT2D eigenvalue weighted by Gasteiger charge is -2.25. The van der Waals surface area contributed by atoms with Gasteiger partial charge in [-0.3, -0.25) is 9.78 Å². The molecule has 0 spiro atoms. The van der Waals surface area contributed by atoms with Gasteiger partial charge in [0.1, 0.15) is 0 Å². The fraction of sp³-hybridized carbons (Fsp3) is 0.455. The van der Waals surface area contributed by atoms with Gasteiger partial charge < -0.3 is 10.1 Å². The highest BCUT2D eigenvalue weighted by atomic mass is 16.5. The number of carbonyl (C=O) groups excluding carboxylic acids is 1. The molecule has 1 aliphatic heterocycles. The first kappa shape index (κ1) is 10.1. The number of hydrogen-bond donors (Lipinski definition) is 1. The monoisotopic (exact) mass is 206 g/mol. The minimum Gasteiger partial charge on any atom is -0.469 e. The summed E-state index contributed by atoms with van der Waals surface area (Å²) in [6.45, 7) is 3.40. The number of rotatable bonds is 1. The molecule has 0 bridgehead atoms. The van der Waals surface area contributed by atoms with Crippen LogP contribution in [-0.2, 0) is 16.1 Å². The highest BCUT2D eigenvalue weighted by Crippen LogP contribution is 2.27. The zero-order valence-electron chi connectivity index (χ0n) is 8.91. The third-order valence-electron chi connectivity index (χ3n) is 2.77. The van der Waals surface area contributed by atoms with Crippen LogP contribution in [0.25, 0.3) is 0 Å². The predicted octanol–water partition coefficient (Wildman–Crippen LogP) is 0.750. The second-order valence-electron chi connectivity index (χ2n) is 3.74. The van der Waals surface area contributed by atoms with Crippen molar-refractivity contribution < 1.29 is 9.53 Å². The number of fused-ring (bicyclic) bond motifs is 1. The van der Waals surface area contributed by atoms with Gasteiger partial charge in [0.2, 0.25) is 0 Å². The van der Waals surface area contributed by atoms with Gasteiger partial charge in [0.05, 0.1) is 13.0 Å². The highest BCUT2D eigenvalue weighted by molar-refractivity contribution is 5.79. The molecule has 0 aromatic carbocycles. The van der Waals surface area contributed by atoms with Crippen LogP contribution in [0.2, 0.25) is 0 Å². The second-order valence-corrected chi connectivity index (χ2v) is 3.74. The number of aromatic nitrogens is 1. The van der Waals surface area contributed by atoms with Crippen LogP contribution in [0.4, 0.5) is 0 Å². The number of ether oxygens (including phenoxy) is 1. The molecule has 0 radical (unpaired) electrons. The maximum absolute atomic E-state index is 11.6. The molecule has 80 valence electrons. The SMILES string of the molecule is COC(=O)C1CNCc2cncc(C)c21. The van der Waals surface area contributed by atoms with Gasteiger partial charge in [-0.15, -0.1) is 0 Å². The van der Waals surface area contributed by atoms with Crippen molar-refractivity contribution in [2.75, 3.05) is 13.7 Å². The zero-order valence-corrected chi connectivity index (χ0v) is 8.91. The average Bonchev–Trinajstić information content (AvgIpc) is 2.28. The fourth-order valence-corrected chi connectivity index (χ4v) is 2.07. The van der Waals surface area contributed by atoms with Crippen LogP contribution >= 0.6 is 0 Å². The lowest BCUT2D eigenvalue weighted by Crippen LogP contribution is -2.34. The molecule has 1 aromatic heterocycles. The van der Waals surface area contributed by atoms with Crippen molar-refractivity contribution in [1.29, 1.82) is 0 Å². The number of esters is 1. The van der Waals surface area contributed by atoms with E-state index in [0.29, 0.717) is 6.54 Å². The van der Waals surface area contributed by atoms with E-state index in [0.717, 1.165) is 23.2 Å². The lowest BCUT2D eigenvalue weighted by molar-refractivity contribution is -0.142. The van der Waals surface area contributed by atoms with Crippen LogP contribution in [0.15, 0.2) is 12.4 Å². The smallest absolute Gasteiger partial charge is 0.314 e. The van der Waals surface area contributed by atoms with E-state index in [1.165, 1.54) is 7.11 Å². The van der Waals surface area contributed by atoms with Crippen LogP contribution in [0.3, 0.4) is 0 Å². The van der Waals surface area contributed by atoms with Gasteiger partial charge in [-0.1, -0.05) is 0 Å². The van der Waals surface area contributed by atoms with Crippen LogP contribution in [0.5, 0.6) is 0 Å². The van der Waals surface area contributed by atoms with Crippen molar-refractivity contribution in [3.8, 4) is 0 Å². The van der Waals surface area contributed by atoms with Gasteiger partial charge in [0.15, 0.2) is 0 Å². The Kier molecular flexibility index (Phi) is 2.68. The second kappa shape index (κ2) is 3.98. The molecule has 0 saturated carbocycles. The van der Waals surface area contributed by atoms with Crippen LogP contribution in [-0.4, -0.2) is 24.6 Å². The van der Waals surface area contributed by atoms with Crippen molar-refractivity contribution in [2.24, 2.45) is 0 Å². The highest BCUT2D eigenvalue weighted by Gasteiger charge is 2.28. The summed E-state index contributed by atoms with van der Waals surface area (Å²) in [5.41, 5.74) is 3.23. The molecule has 1 unspecified atom stereocenters. The topological polar surface area (TPSA) is 51.2 Å². The Labute approximate surface area is 88.7 Å². The van der Waals surface area contributed by atoms with Gasteiger partial charge in [0, 0.05) is 25.5 Å². The van der Waals surface area contributed by atoms with Crippen molar-refractivity contribution in [3.05, 3.63) is 29.1 Å². The van der Waals surface area contributed by atoms with E-state index < -0.39 is 0 Å². The summed E-state index contributed by atoms with van der Waals surface area (Å²) in [5, 5.41) is 3.19. The summed E-state index contributed by atoms with van der Waals surface area (Å²) in [6, 6.07) is 0. The molecule has 4 nitrogen and oxygen atoms in total. The molecule has 0 saturated heterocycles. The molecule has 1 aliphatic rings. The van der Waals surface area contributed by atoms with Gasteiger partial charge in [0.25, 0.3) is 0 Å². The van der Waals surface area contributed by atoms with Crippen LogP contribution < -0.4 is 5.32 Å². The Hall–Kier alpha value is -1.42. The quantitative estimate of drug-likeness (QED) is 0.689. The zero-order chi connectivity index (χ0) is 10.8. The maximum Gasteiger partial charge on any atom is 0.314 e. The number of nitrogens with zero attached hydrogens (tertiary/aromatic N) is 1. The summed E-state index contributed by atoms with van der Waals surface area (Å²) in [4.78, 5) is 15.7. The van der Waals surface area contributed by atoms with Crippen molar-refractivity contribution in [3.63, 3.8) is 0 Å². The molecule has 1 atom stereocenters. The summed E-state index contributed by atoms with van der Waals surface area (Å²) < 4.78 is 4.80. The first-order chi connectivity index (χ1) is 7.24. The number of methoxy groups -OCH3 is 1. The van der Waals surface area contributed by atoms with Crippen LogP contribution in [0, 0.1) is 6.92 Å². The minimum atomic E-state index is -0.193. The van der Waals surface area contributed by atoms with E-state index in [1.54, 1.807) is 6.20 Å². The summed E-state index contributed by atoms with van der Waals surface area (Å²) >= 11 is 0. The molecule has 2 heterocycles. The largest absolute Gasteiger partial charge is 0.469 e. The average molecular weight is 206 g/mol. The molecule has 0 aliphatic carbocycles. The normalized spacial score (nSPS) is 19.5. The van der Waals surface area contributed by atoms with E-state index in [-0.39, 0.29) is 11.9 Å². The van der Waals surface area contributed by atoms with Crippen molar-refractivity contribution in [2.45, 2.75) is 19.4 Å². The van der Waals surface area contributed by atoms with E-state index in [9.17, 15) is 4.79 Å². The van der Waals surface area contributed by atoms with Crippen molar-refractivity contribution in [1.82, 2.24) is 10.3 Å². The minimum absolute atomic E-state index is 0.183. The molecule has 4 heteroatoms. The Bertz CT molecular complexity index is 390. The Balaban J connectivity index is 2.45. The molecular formula is C11H14N2O2. The molecule has 0 amide bonds. The van der Waals surface area contributed by atoms with E-state index in [4.69, 9.17) is 4.74 Å². The third kappa shape index (κ3) is 1.72. The maximum atomic E-state index is 11.6. The Morgan fingerprint density at radius 3 is 3.13 bits per heavy atom. The van der Waals surface area contributed by atoms with Crippen LogP contribution in [0.1, 0.15) is 22.6 Å². The Morgan fingerprint density at radius 2 is 2.40 bits per heavy atom. The molecule has 2 rings (SSSR count). The third-order valence-corrected chi connectivity index (χ3v) is 2.77. The fourth-order valence-electron chi connectivity index (χ4n) is 2.07. The van der Waals surface area contributed by atoms with Gasteiger partial charge in [-0.05, 0) is 23.6 Å². The van der Waals surface area contributed by atoms with Gasteiger partial charge in [-0.25, -0.2) is 0 Å². The molecular weight excluding hydrogens is 192 g/mol. The molecule has 0 fully saturated rings. The molecule has 1 N–H and O–H groups in total. The van der Waals surface area contributed by atoms with Crippen molar-refractivity contribution >= 4 is 5.97 Å². The van der Waals surface area contributed by atoms with E-state index in [1.807, 2.05) is 13.1 Å². The summed E-state index contributed by atoms with van der Waals surface area (Å²) in [6.07, 6.45) is 3.60. The first-order valence-electron chi connectivity index (χ1n) is 4.96. The summed E-state index contributed by atoms with van der Waals surface area (Å²) in [7, 11) is 1.42. The number of nitrogens with one attached hydrogen (secondary N) is 1. The predicted molar refractivity (Wildman–Crippen MR) is 55.4 cm³/mol. The summed E-state index contributed by atoms with van der Waals surface area (Å²) in [5.74, 6) is -0.375. The van der Waals surface area contributed by atoms with E-state index >= 15 is 0 Å². The number of carbonyl (C=O) groups is 1. The Morgan fingerprint density at radius 1 is 1.60 bits per heavy atom. The standard InChI is InChI=1S/C11H14N2O2/c1-7-3-12-4-8-5-13-6-9(10(7)8)11(14)15-2/h3-4,9,13H,5-6H2,1-2H3. The van der Waals surface area contributed by atoms with E-state index in [2.05, 4.69) is 10.3 Å². The molecule has 1 aromatic rings. The first-order valence-corrected chi connectivity index (χ1v) is 4.96. The lowest BCUT2D eigenvalue weighted by atomic mass is 9.89. The number of aryl methyl sites for hydroxylation is 1. The van der Waals surface area contributed by atoms with Gasteiger partial charge >= 0.3 is 5.97 Å². The van der Waals surface area contributed by atoms with Gasteiger partial charge in [-0.2, -0.15) is 0 Å². The number of pyridine rings is 1.